The van der Waals surface area contributed by atoms with Crippen molar-refractivity contribution >= 4 is 22.8 Å². The summed E-state index contributed by atoms with van der Waals surface area (Å²) in [7, 11) is 0. The van der Waals surface area contributed by atoms with Crippen molar-refractivity contribution in [3.05, 3.63) is 48.0 Å². The Morgan fingerprint density at radius 3 is 2.46 bits per heavy atom. The van der Waals surface area contributed by atoms with E-state index < -0.39 is 12.2 Å². The summed E-state index contributed by atoms with van der Waals surface area (Å²) in [5, 5.41) is 8.50. The van der Waals surface area contributed by atoms with Crippen LogP contribution in [0.1, 0.15) is 52.1 Å². The Kier molecular flexibility index (Phi) is 7.40. The summed E-state index contributed by atoms with van der Waals surface area (Å²) in [6.45, 7) is 8.85. The average molecular weight is 386 g/mol. The Labute approximate surface area is 166 Å². The zero-order chi connectivity index (χ0) is 20.7. The van der Waals surface area contributed by atoms with Crippen LogP contribution in [0.4, 0.5) is 4.79 Å². The van der Waals surface area contributed by atoms with Crippen LogP contribution in [0.3, 0.4) is 0 Å². The zero-order valence-electron chi connectivity index (χ0n) is 17.1. The number of hydrogen-bond donors (Lipinski definition) is 3. The summed E-state index contributed by atoms with van der Waals surface area (Å²) in [4.78, 5) is 24.0. The molecule has 2 aromatic rings. The van der Waals surface area contributed by atoms with E-state index >= 15 is 0 Å². The van der Waals surface area contributed by atoms with Gasteiger partial charge in [-0.2, -0.15) is 0 Å². The van der Waals surface area contributed by atoms with Gasteiger partial charge in [-0.1, -0.05) is 42.5 Å². The van der Waals surface area contributed by atoms with Gasteiger partial charge in [0.05, 0.1) is 6.04 Å². The quantitative estimate of drug-likeness (QED) is 0.605. The number of nitrogens with one attached hydrogen (secondary N) is 2. The molecule has 0 radical (unpaired) electrons. The number of carbonyl (C=O) groups is 2. The second-order valence-electron chi connectivity index (χ2n) is 8.04. The molecule has 0 aliphatic heterocycles. The van der Waals surface area contributed by atoms with Crippen molar-refractivity contribution in [3.63, 3.8) is 0 Å². The minimum atomic E-state index is -0.943. The lowest BCUT2D eigenvalue weighted by atomic mass is 9.99. The van der Waals surface area contributed by atoms with E-state index in [9.17, 15) is 9.59 Å². The highest BCUT2D eigenvalue weighted by atomic mass is 16.6. The van der Waals surface area contributed by atoms with Crippen LogP contribution in [0.15, 0.2) is 42.5 Å². The summed E-state index contributed by atoms with van der Waals surface area (Å²) in [5.41, 5.74) is 6.17. The first-order chi connectivity index (χ1) is 13.2. The topological polar surface area (TPSA) is 93.4 Å². The van der Waals surface area contributed by atoms with Crippen LogP contribution in [-0.2, 0) is 9.53 Å². The van der Waals surface area contributed by atoms with Crippen molar-refractivity contribution in [2.45, 2.75) is 58.2 Å². The van der Waals surface area contributed by atoms with Gasteiger partial charge in [0.1, 0.15) is 0 Å². The predicted molar refractivity (Wildman–Crippen MR) is 112 cm³/mol. The minimum absolute atomic E-state index is 0.00875. The fourth-order valence-electron chi connectivity index (χ4n) is 3.15. The predicted octanol–water partition coefficient (Wildman–Crippen LogP) is 3.65. The molecule has 152 valence electrons. The third-order valence-corrected chi connectivity index (χ3v) is 4.50. The van der Waals surface area contributed by atoms with Crippen LogP contribution < -0.4 is 16.4 Å². The molecule has 2 amide bonds. The average Bonchev–Trinajstić information content (AvgIpc) is 2.62. The second kappa shape index (κ2) is 9.55. The first-order valence-electron chi connectivity index (χ1n) is 9.66. The molecule has 0 saturated carbocycles. The van der Waals surface area contributed by atoms with Crippen molar-refractivity contribution in [3.8, 4) is 0 Å². The van der Waals surface area contributed by atoms with Crippen LogP contribution in [0.25, 0.3) is 10.8 Å². The molecule has 0 saturated heterocycles. The molecule has 4 N–H and O–H groups in total. The van der Waals surface area contributed by atoms with Gasteiger partial charge in [-0.05, 0) is 63.4 Å². The molecular formula is C22H31N3O3. The molecule has 2 atom stereocenters. The Morgan fingerprint density at radius 1 is 1.11 bits per heavy atom. The Bertz CT molecular complexity index is 809. The van der Waals surface area contributed by atoms with Gasteiger partial charge in [0.15, 0.2) is 6.10 Å². The summed E-state index contributed by atoms with van der Waals surface area (Å²) < 4.78 is 5.07. The second-order valence-corrected chi connectivity index (χ2v) is 8.04. The van der Waals surface area contributed by atoms with Gasteiger partial charge in [-0.3, -0.25) is 4.79 Å². The van der Waals surface area contributed by atoms with Gasteiger partial charge in [-0.15, -0.1) is 0 Å². The van der Waals surface area contributed by atoms with Crippen molar-refractivity contribution in [2.24, 2.45) is 5.73 Å². The van der Waals surface area contributed by atoms with E-state index in [1.54, 1.807) is 0 Å². The Hall–Kier alpha value is -2.60. The number of rotatable bonds is 8. The van der Waals surface area contributed by atoms with Crippen LogP contribution in [0.5, 0.6) is 0 Å². The van der Waals surface area contributed by atoms with Crippen LogP contribution in [0, 0.1) is 0 Å². The van der Waals surface area contributed by atoms with E-state index in [2.05, 4.69) is 31.4 Å². The van der Waals surface area contributed by atoms with Crippen LogP contribution in [0.2, 0.25) is 0 Å². The monoisotopic (exact) mass is 385 g/mol. The van der Waals surface area contributed by atoms with E-state index in [1.165, 1.54) is 0 Å². The number of nitrogens with two attached hydrogens (primary N) is 1. The molecule has 6 heteroatoms. The van der Waals surface area contributed by atoms with E-state index in [-0.39, 0.29) is 17.5 Å². The van der Waals surface area contributed by atoms with E-state index in [0.717, 1.165) is 16.3 Å². The fourth-order valence-corrected chi connectivity index (χ4v) is 3.15. The van der Waals surface area contributed by atoms with Crippen molar-refractivity contribution < 1.29 is 14.3 Å². The summed E-state index contributed by atoms with van der Waals surface area (Å²) >= 11 is 0. The number of primary amides is 1. The van der Waals surface area contributed by atoms with Gasteiger partial charge in [0, 0.05) is 5.54 Å². The molecule has 2 aromatic carbocycles. The molecule has 0 aliphatic rings. The molecule has 0 unspecified atom stereocenters. The molecule has 0 heterocycles. The SMILES string of the molecule is C[C@H](NC(=O)[C@H](CCCNC(C)(C)C)OC(N)=O)c1cccc2ccccc12. The Morgan fingerprint density at radius 2 is 1.79 bits per heavy atom. The smallest absolute Gasteiger partial charge is 0.405 e. The molecule has 0 spiro atoms. The van der Waals surface area contributed by atoms with E-state index in [4.69, 9.17) is 10.5 Å². The molecule has 0 aromatic heterocycles. The number of amides is 2. The summed E-state index contributed by atoms with van der Waals surface area (Å²) in [6.07, 6.45) is -0.760. The lowest BCUT2D eigenvalue weighted by Crippen LogP contribution is -2.41. The number of ether oxygens (including phenoxy) is 1. The van der Waals surface area contributed by atoms with Gasteiger partial charge in [0.2, 0.25) is 0 Å². The third-order valence-electron chi connectivity index (χ3n) is 4.50. The minimum Gasteiger partial charge on any atom is -0.436 e. The van der Waals surface area contributed by atoms with Gasteiger partial charge in [-0.25, -0.2) is 4.79 Å². The van der Waals surface area contributed by atoms with Crippen molar-refractivity contribution in [1.82, 2.24) is 10.6 Å². The number of carbonyl (C=O) groups excluding carboxylic acids is 2. The first kappa shape index (κ1) is 21.7. The Balaban J connectivity index is 2.03. The largest absolute Gasteiger partial charge is 0.436 e. The highest BCUT2D eigenvalue weighted by Crippen LogP contribution is 2.24. The lowest BCUT2D eigenvalue weighted by Gasteiger charge is -2.23. The molecule has 6 nitrogen and oxygen atoms in total. The molecule has 0 fully saturated rings. The van der Waals surface area contributed by atoms with Crippen molar-refractivity contribution in [2.75, 3.05) is 6.54 Å². The van der Waals surface area contributed by atoms with Crippen LogP contribution >= 0.6 is 0 Å². The highest BCUT2D eigenvalue weighted by Gasteiger charge is 2.24. The van der Waals surface area contributed by atoms with E-state index in [0.29, 0.717) is 19.4 Å². The molecule has 2 rings (SSSR count). The maximum atomic E-state index is 12.7. The van der Waals surface area contributed by atoms with Gasteiger partial charge >= 0.3 is 6.09 Å². The molecule has 0 bridgehead atoms. The maximum Gasteiger partial charge on any atom is 0.405 e. The van der Waals surface area contributed by atoms with Gasteiger partial charge in [0.25, 0.3) is 5.91 Å². The zero-order valence-corrected chi connectivity index (χ0v) is 17.1. The van der Waals surface area contributed by atoms with E-state index in [1.807, 2.05) is 49.4 Å². The molecular weight excluding hydrogens is 354 g/mol. The fraction of sp³-hybridized carbons (Fsp3) is 0.455. The van der Waals surface area contributed by atoms with Crippen molar-refractivity contribution in [1.29, 1.82) is 0 Å². The number of benzene rings is 2. The standard InChI is InChI=1S/C22H31N3O3/c1-15(17-12-7-10-16-9-5-6-11-18(16)17)25-20(26)19(28-21(23)27)13-8-14-24-22(2,3)4/h5-7,9-12,15,19,24H,8,13-14H2,1-4H3,(H2,23,27)(H,25,26)/t15-,19-/m0/s1. The first-order valence-corrected chi connectivity index (χ1v) is 9.66. The van der Waals surface area contributed by atoms with Gasteiger partial charge < -0.3 is 21.1 Å². The summed E-state index contributed by atoms with van der Waals surface area (Å²) in [5.74, 6) is -0.338. The molecule has 28 heavy (non-hydrogen) atoms. The normalized spacial score (nSPS) is 13.7. The lowest BCUT2D eigenvalue weighted by molar-refractivity contribution is -0.130. The maximum absolute atomic E-state index is 12.7. The molecule has 0 aliphatic carbocycles. The highest BCUT2D eigenvalue weighted by molar-refractivity contribution is 5.88. The summed E-state index contributed by atoms with van der Waals surface area (Å²) in [6, 6.07) is 13.8. The number of fused-ring (bicyclic) bond motifs is 1. The number of hydrogen-bond acceptors (Lipinski definition) is 4. The van der Waals surface area contributed by atoms with Crippen LogP contribution in [-0.4, -0.2) is 30.2 Å². The third kappa shape index (κ3) is 6.53.